The van der Waals surface area contributed by atoms with E-state index in [9.17, 15) is 9.90 Å². The first-order chi connectivity index (χ1) is 12.6. The molecule has 2 fully saturated rings. The second-order valence-electron chi connectivity index (χ2n) is 6.77. The fraction of sp³-hybridized carbons (Fsp3) is 0.632. The number of aliphatic hydroxyl groups excluding tert-OH is 1. The summed E-state index contributed by atoms with van der Waals surface area (Å²) in [5.41, 5.74) is 1.11. The number of piperazine rings is 1. The Morgan fingerprint density at radius 1 is 1.19 bits per heavy atom. The third-order valence-corrected chi connectivity index (χ3v) is 5.25. The maximum Gasteiger partial charge on any atom is 0.248 e. The molecular formula is C19H29N3O4. The number of hydrogen-bond acceptors (Lipinski definition) is 6. The molecule has 7 heteroatoms. The third kappa shape index (κ3) is 4.11. The summed E-state index contributed by atoms with van der Waals surface area (Å²) in [6.07, 6.45) is -0.501. The smallest absolute Gasteiger partial charge is 0.248 e. The quantitative estimate of drug-likeness (QED) is 0.791. The van der Waals surface area contributed by atoms with Crippen LogP contribution in [0.15, 0.2) is 24.3 Å². The van der Waals surface area contributed by atoms with Gasteiger partial charge < -0.3 is 24.4 Å². The number of para-hydroxylation sites is 2. The Balaban J connectivity index is 1.55. The maximum atomic E-state index is 12.1. The van der Waals surface area contributed by atoms with Crippen LogP contribution in [0.1, 0.15) is 6.92 Å². The average molecular weight is 363 g/mol. The molecule has 1 aromatic carbocycles. The first-order valence-electron chi connectivity index (χ1n) is 9.29. The monoisotopic (exact) mass is 363 g/mol. The number of methoxy groups -OCH3 is 1. The van der Waals surface area contributed by atoms with Gasteiger partial charge in [0.15, 0.2) is 0 Å². The van der Waals surface area contributed by atoms with Crippen molar-refractivity contribution in [2.24, 2.45) is 0 Å². The van der Waals surface area contributed by atoms with Crippen molar-refractivity contribution in [1.82, 2.24) is 9.80 Å². The van der Waals surface area contributed by atoms with Crippen LogP contribution in [0.3, 0.4) is 0 Å². The third-order valence-electron chi connectivity index (χ3n) is 5.25. The molecule has 2 aliphatic heterocycles. The Kier molecular flexibility index (Phi) is 6.34. The van der Waals surface area contributed by atoms with Crippen LogP contribution in [0.2, 0.25) is 0 Å². The van der Waals surface area contributed by atoms with Crippen LogP contribution in [0.25, 0.3) is 0 Å². The van der Waals surface area contributed by atoms with E-state index < -0.39 is 6.10 Å². The molecule has 0 bridgehead atoms. The summed E-state index contributed by atoms with van der Waals surface area (Å²) in [4.78, 5) is 18.5. The molecule has 0 radical (unpaired) electrons. The van der Waals surface area contributed by atoms with E-state index in [0.717, 1.165) is 37.6 Å². The number of carbonyl (C=O) groups is 1. The summed E-state index contributed by atoms with van der Waals surface area (Å²) in [6.45, 7) is 6.91. The lowest BCUT2D eigenvalue weighted by Crippen LogP contribution is -2.54. The van der Waals surface area contributed by atoms with E-state index in [4.69, 9.17) is 9.47 Å². The van der Waals surface area contributed by atoms with Gasteiger partial charge in [-0.15, -0.1) is 0 Å². The van der Waals surface area contributed by atoms with Gasteiger partial charge in [-0.3, -0.25) is 9.69 Å². The van der Waals surface area contributed by atoms with E-state index in [1.165, 1.54) is 0 Å². The first kappa shape index (κ1) is 18.9. The van der Waals surface area contributed by atoms with Crippen molar-refractivity contribution in [3.63, 3.8) is 0 Å². The Bertz CT molecular complexity index is 604. The van der Waals surface area contributed by atoms with Crippen molar-refractivity contribution in [3.05, 3.63) is 24.3 Å². The number of β-amino-alcohol motifs (C(OH)–C–C–N with tert-alkyl or cyclic N) is 1. The molecule has 1 aromatic rings. The molecule has 2 saturated heterocycles. The lowest BCUT2D eigenvalue weighted by molar-refractivity contribution is -0.135. The molecule has 2 aliphatic rings. The van der Waals surface area contributed by atoms with Crippen LogP contribution in [0.4, 0.5) is 5.69 Å². The molecule has 0 aliphatic carbocycles. The van der Waals surface area contributed by atoms with Crippen molar-refractivity contribution in [2.45, 2.75) is 19.1 Å². The van der Waals surface area contributed by atoms with Crippen LogP contribution in [-0.2, 0) is 9.53 Å². The first-order valence-corrected chi connectivity index (χ1v) is 9.29. The molecule has 0 aromatic heterocycles. The van der Waals surface area contributed by atoms with Crippen molar-refractivity contribution in [2.75, 3.05) is 64.5 Å². The highest BCUT2D eigenvalue weighted by atomic mass is 16.5. The van der Waals surface area contributed by atoms with E-state index in [-0.39, 0.29) is 18.6 Å². The van der Waals surface area contributed by atoms with Gasteiger partial charge in [0.25, 0.3) is 0 Å². The zero-order chi connectivity index (χ0) is 18.5. The van der Waals surface area contributed by atoms with E-state index in [0.29, 0.717) is 19.7 Å². The highest BCUT2D eigenvalue weighted by molar-refractivity contribution is 5.78. The maximum absolute atomic E-state index is 12.1. The van der Waals surface area contributed by atoms with Gasteiger partial charge in [0, 0.05) is 45.9 Å². The second kappa shape index (κ2) is 8.70. The summed E-state index contributed by atoms with van der Waals surface area (Å²) in [5.74, 6) is 0.843. The summed E-state index contributed by atoms with van der Waals surface area (Å²) in [6, 6.07) is 8.05. The number of aliphatic hydroxyl groups is 1. The lowest BCUT2D eigenvalue weighted by atomic mass is 10.1. The van der Waals surface area contributed by atoms with Crippen molar-refractivity contribution in [3.8, 4) is 5.75 Å². The molecule has 0 saturated carbocycles. The molecule has 0 unspecified atom stereocenters. The van der Waals surface area contributed by atoms with Gasteiger partial charge in [0.2, 0.25) is 5.91 Å². The number of benzene rings is 1. The highest BCUT2D eigenvalue weighted by Gasteiger charge is 2.38. The van der Waals surface area contributed by atoms with Gasteiger partial charge in [-0.1, -0.05) is 12.1 Å². The molecule has 144 valence electrons. The van der Waals surface area contributed by atoms with Crippen molar-refractivity contribution in [1.29, 1.82) is 0 Å². The Morgan fingerprint density at radius 3 is 2.62 bits per heavy atom. The predicted molar refractivity (Wildman–Crippen MR) is 99.6 cm³/mol. The SMILES string of the molecule is CCOCC(=O)N1C[C@@H](O)[C@H](N2CCN(c3ccccc3OC)CC2)C1. The zero-order valence-corrected chi connectivity index (χ0v) is 15.6. The van der Waals surface area contributed by atoms with E-state index in [2.05, 4.69) is 15.9 Å². The van der Waals surface area contributed by atoms with E-state index >= 15 is 0 Å². The largest absolute Gasteiger partial charge is 0.495 e. The molecule has 3 rings (SSSR count). The number of ether oxygens (including phenoxy) is 2. The average Bonchev–Trinajstić information content (AvgIpc) is 3.08. The number of rotatable bonds is 6. The van der Waals surface area contributed by atoms with Crippen LogP contribution >= 0.6 is 0 Å². The van der Waals surface area contributed by atoms with Gasteiger partial charge in [-0.2, -0.15) is 0 Å². The predicted octanol–water partition coefficient (Wildman–Crippen LogP) is 0.425. The number of nitrogens with zero attached hydrogens (tertiary/aromatic N) is 3. The Hall–Kier alpha value is -1.83. The van der Waals surface area contributed by atoms with Crippen molar-refractivity contribution < 1.29 is 19.4 Å². The number of hydrogen-bond donors (Lipinski definition) is 1. The fourth-order valence-electron chi connectivity index (χ4n) is 3.80. The Morgan fingerprint density at radius 2 is 1.92 bits per heavy atom. The minimum atomic E-state index is -0.501. The van der Waals surface area contributed by atoms with Gasteiger partial charge in [-0.25, -0.2) is 0 Å². The molecule has 0 spiro atoms. The number of likely N-dealkylation sites (tertiary alicyclic amines) is 1. The minimum Gasteiger partial charge on any atom is -0.495 e. The van der Waals surface area contributed by atoms with E-state index in [1.54, 1.807) is 12.0 Å². The Labute approximate surface area is 155 Å². The molecule has 2 atom stereocenters. The zero-order valence-electron chi connectivity index (χ0n) is 15.6. The molecule has 1 amide bonds. The van der Waals surface area contributed by atoms with Gasteiger partial charge in [-0.05, 0) is 19.1 Å². The van der Waals surface area contributed by atoms with E-state index in [1.807, 2.05) is 25.1 Å². The van der Waals surface area contributed by atoms with Crippen LogP contribution in [-0.4, -0.2) is 92.6 Å². The van der Waals surface area contributed by atoms with Gasteiger partial charge in [0.1, 0.15) is 12.4 Å². The molecule has 2 heterocycles. The minimum absolute atomic E-state index is 0.000366. The van der Waals surface area contributed by atoms with Crippen LogP contribution in [0.5, 0.6) is 5.75 Å². The van der Waals surface area contributed by atoms with Gasteiger partial charge in [0.05, 0.1) is 24.9 Å². The summed E-state index contributed by atoms with van der Waals surface area (Å²) in [7, 11) is 1.69. The molecule has 1 N–H and O–H groups in total. The lowest BCUT2D eigenvalue weighted by Gasteiger charge is -2.40. The second-order valence-corrected chi connectivity index (χ2v) is 6.77. The summed E-state index contributed by atoms with van der Waals surface area (Å²) < 4.78 is 10.7. The highest BCUT2D eigenvalue weighted by Crippen LogP contribution is 2.29. The molecule has 26 heavy (non-hydrogen) atoms. The molecular weight excluding hydrogens is 334 g/mol. The standard InChI is InChI=1S/C19H29N3O4/c1-3-26-14-19(24)22-12-16(17(23)13-22)21-10-8-20(9-11-21)15-6-4-5-7-18(15)25-2/h4-7,16-17,23H,3,8-14H2,1-2H3/t16-,17-/m1/s1. The number of amides is 1. The summed E-state index contributed by atoms with van der Waals surface area (Å²) >= 11 is 0. The normalized spacial score (nSPS) is 24.1. The van der Waals surface area contributed by atoms with Gasteiger partial charge >= 0.3 is 0 Å². The number of carbonyl (C=O) groups excluding carboxylic acids is 1. The molecule has 7 nitrogen and oxygen atoms in total. The fourth-order valence-corrected chi connectivity index (χ4v) is 3.80. The number of anilines is 1. The topological polar surface area (TPSA) is 65.5 Å². The van der Waals surface area contributed by atoms with Crippen LogP contribution < -0.4 is 9.64 Å². The van der Waals surface area contributed by atoms with Crippen LogP contribution in [0, 0.1) is 0 Å². The summed E-state index contributed by atoms with van der Waals surface area (Å²) in [5, 5.41) is 10.4. The van der Waals surface area contributed by atoms with Crippen molar-refractivity contribution >= 4 is 11.6 Å².